The number of rotatable bonds is 2. The zero-order chi connectivity index (χ0) is 12.3. The fourth-order valence-electron chi connectivity index (χ4n) is 1.69. The number of nitriles is 1. The van der Waals surface area contributed by atoms with Gasteiger partial charge < -0.3 is 10.1 Å². The molecule has 1 heterocycles. The molecule has 1 aliphatic rings. The second-order valence-electron chi connectivity index (χ2n) is 3.80. The summed E-state index contributed by atoms with van der Waals surface area (Å²) in [6, 6.07) is 6.75. The van der Waals surface area contributed by atoms with Crippen LogP contribution in [0.2, 0.25) is 5.02 Å². The average Bonchev–Trinajstić information content (AvgIpc) is 2.82. The maximum absolute atomic E-state index is 11.7. The molecule has 1 aromatic rings. The highest BCUT2D eigenvalue weighted by Crippen LogP contribution is 2.21. The van der Waals surface area contributed by atoms with E-state index >= 15 is 0 Å². The Morgan fingerprint density at radius 2 is 2.41 bits per heavy atom. The topological polar surface area (TPSA) is 62.1 Å². The molecule has 0 saturated carbocycles. The van der Waals surface area contributed by atoms with Crippen LogP contribution in [0.3, 0.4) is 0 Å². The minimum atomic E-state index is -0.371. The van der Waals surface area contributed by atoms with Gasteiger partial charge in [-0.1, -0.05) is 11.6 Å². The van der Waals surface area contributed by atoms with Gasteiger partial charge in [0.15, 0.2) is 0 Å². The van der Waals surface area contributed by atoms with Gasteiger partial charge in [0.25, 0.3) is 5.91 Å². The minimum absolute atomic E-state index is 0.164. The molecule has 1 aromatic carbocycles. The van der Waals surface area contributed by atoms with E-state index in [4.69, 9.17) is 21.6 Å². The lowest BCUT2D eigenvalue weighted by molar-refractivity contribution is -0.124. The zero-order valence-corrected chi connectivity index (χ0v) is 9.83. The third-order valence-electron chi connectivity index (χ3n) is 2.58. The van der Waals surface area contributed by atoms with Gasteiger partial charge in [0.2, 0.25) is 0 Å². The van der Waals surface area contributed by atoms with E-state index < -0.39 is 0 Å². The van der Waals surface area contributed by atoms with Crippen LogP contribution in [0.15, 0.2) is 18.2 Å². The van der Waals surface area contributed by atoms with E-state index in [9.17, 15) is 4.79 Å². The van der Waals surface area contributed by atoms with Crippen LogP contribution in [0.4, 0.5) is 5.69 Å². The minimum Gasteiger partial charge on any atom is -0.368 e. The molecule has 1 atom stereocenters. The standard InChI is InChI=1S/C12H11ClN2O2/c13-10-6-9(4-3-8(10)7-14)15-12(16)11-2-1-5-17-11/h3-4,6,11H,1-2,5H2,(H,15,16)/t11-/m0/s1. The van der Waals surface area contributed by atoms with Crippen molar-refractivity contribution in [2.75, 3.05) is 11.9 Å². The van der Waals surface area contributed by atoms with Crippen molar-refractivity contribution in [2.45, 2.75) is 18.9 Å². The number of anilines is 1. The van der Waals surface area contributed by atoms with Crippen LogP contribution >= 0.6 is 11.6 Å². The van der Waals surface area contributed by atoms with Gasteiger partial charge in [-0.2, -0.15) is 5.26 Å². The lowest BCUT2D eigenvalue weighted by atomic mass is 10.2. The highest BCUT2D eigenvalue weighted by Gasteiger charge is 2.23. The number of amides is 1. The van der Waals surface area contributed by atoms with E-state index in [1.165, 1.54) is 0 Å². The number of carbonyl (C=O) groups excluding carboxylic acids is 1. The van der Waals surface area contributed by atoms with E-state index in [0.717, 1.165) is 12.8 Å². The number of carbonyl (C=O) groups is 1. The number of nitrogens with one attached hydrogen (secondary N) is 1. The van der Waals surface area contributed by atoms with E-state index in [1.54, 1.807) is 18.2 Å². The van der Waals surface area contributed by atoms with Crippen LogP contribution in [-0.2, 0) is 9.53 Å². The number of halogens is 1. The van der Waals surface area contributed by atoms with Gasteiger partial charge >= 0.3 is 0 Å². The van der Waals surface area contributed by atoms with Crippen molar-refractivity contribution in [3.8, 4) is 6.07 Å². The molecule has 1 aliphatic heterocycles. The molecule has 1 saturated heterocycles. The Hall–Kier alpha value is -1.57. The second kappa shape index (κ2) is 5.17. The van der Waals surface area contributed by atoms with Crippen LogP contribution in [0.5, 0.6) is 0 Å². The third-order valence-corrected chi connectivity index (χ3v) is 2.89. The van der Waals surface area contributed by atoms with Crippen molar-refractivity contribution in [3.63, 3.8) is 0 Å². The summed E-state index contributed by atoms with van der Waals surface area (Å²) in [4.78, 5) is 11.7. The van der Waals surface area contributed by atoms with Crippen LogP contribution in [0, 0.1) is 11.3 Å². The Kier molecular flexibility index (Phi) is 3.62. The highest BCUT2D eigenvalue weighted by molar-refractivity contribution is 6.32. The molecule has 4 nitrogen and oxygen atoms in total. The van der Waals surface area contributed by atoms with E-state index in [0.29, 0.717) is 22.9 Å². The quantitative estimate of drug-likeness (QED) is 0.876. The second-order valence-corrected chi connectivity index (χ2v) is 4.20. The Morgan fingerprint density at radius 1 is 1.59 bits per heavy atom. The van der Waals surface area contributed by atoms with Gasteiger partial charge in [-0.15, -0.1) is 0 Å². The molecule has 0 aromatic heterocycles. The lowest BCUT2D eigenvalue weighted by Gasteiger charge is -2.10. The first-order valence-electron chi connectivity index (χ1n) is 5.33. The number of hydrogen-bond donors (Lipinski definition) is 1. The monoisotopic (exact) mass is 250 g/mol. The molecular formula is C12H11ClN2O2. The summed E-state index contributed by atoms with van der Waals surface area (Å²) >= 11 is 5.87. The summed E-state index contributed by atoms with van der Waals surface area (Å²) in [7, 11) is 0. The summed E-state index contributed by atoms with van der Waals surface area (Å²) < 4.78 is 5.26. The van der Waals surface area contributed by atoms with Gasteiger partial charge in [0.05, 0.1) is 10.6 Å². The summed E-state index contributed by atoms with van der Waals surface area (Å²) in [6.07, 6.45) is 1.28. The summed E-state index contributed by atoms with van der Waals surface area (Å²) in [6.45, 7) is 0.631. The van der Waals surface area contributed by atoms with Crippen molar-refractivity contribution >= 4 is 23.2 Å². The molecule has 88 valence electrons. The van der Waals surface area contributed by atoms with Crippen LogP contribution in [0.25, 0.3) is 0 Å². The Bertz CT molecular complexity index is 476. The van der Waals surface area contributed by atoms with Gasteiger partial charge in [0.1, 0.15) is 12.2 Å². The van der Waals surface area contributed by atoms with Crippen molar-refractivity contribution in [2.24, 2.45) is 0 Å². The lowest BCUT2D eigenvalue weighted by Crippen LogP contribution is -2.26. The summed E-state index contributed by atoms with van der Waals surface area (Å²) in [5.74, 6) is -0.164. The summed E-state index contributed by atoms with van der Waals surface area (Å²) in [5.41, 5.74) is 0.969. The number of ether oxygens (including phenoxy) is 1. The smallest absolute Gasteiger partial charge is 0.253 e. The van der Waals surface area contributed by atoms with Crippen LogP contribution in [0.1, 0.15) is 18.4 Å². The molecule has 17 heavy (non-hydrogen) atoms. The van der Waals surface area contributed by atoms with Crippen molar-refractivity contribution in [3.05, 3.63) is 28.8 Å². The SMILES string of the molecule is N#Cc1ccc(NC(=O)[C@@H]2CCCO2)cc1Cl. The molecule has 0 aliphatic carbocycles. The normalized spacial score (nSPS) is 18.7. The molecule has 1 amide bonds. The molecule has 0 radical (unpaired) electrons. The van der Waals surface area contributed by atoms with E-state index in [-0.39, 0.29) is 12.0 Å². The molecule has 2 rings (SSSR count). The maximum atomic E-state index is 11.7. The van der Waals surface area contributed by atoms with Crippen LogP contribution < -0.4 is 5.32 Å². The first-order chi connectivity index (χ1) is 8.20. The Balaban J connectivity index is 2.06. The molecule has 1 N–H and O–H groups in total. The van der Waals surface area contributed by atoms with E-state index in [1.807, 2.05) is 6.07 Å². The molecule has 5 heteroatoms. The van der Waals surface area contributed by atoms with Gasteiger partial charge in [-0.05, 0) is 31.0 Å². The van der Waals surface area contributed by atoms with Crippen molar-refractivity contribution in [1.29, 1.82) is 5.26 Å². The molecule has 0 spiro atoms. The Morgan fingerprint density at radius 3 is 3.00 bits per heavy atom. The van der Waals surface area contributed by atoms with Crippen LogP contribution in [-0.4, -0.2) is 18.6 Å². The first kappa shape index (κ1) is 11.9. The maximum Gasteiger partial charge on any atom is 0.253 e. The Labute approximate surface area is 104 Å². The van der Waals surface area contributed by atoms with Crippen molar-refractivity contribution < 1.29 is 9.53 Å². The predicted molar refractivity (Wildman–Crippen MR) is 63.8 cm³/mol. The highest BCUT2D eigenvalue weighted by atomic mass is 35.5. The molecule has 0 bridgehead atoms. The van der Waals surface area contributed by atoms with Gasteiger partial charge in [-0.3, -0.25) is 4.79 Å². The van der Waals surface area contributed by atoms with Gasteiger partial charge in [0, 0.05) is 12.3 Å². The summed E-state index contributed by atoms with van der Waals surface area (Å²) in [5, 5.41) is 11.8. The number of benzene rings is 1. The fraction of sp³-hybridized carbons (Fsp3) is 0.333. The number of hydrogen-bond acceptors (Lipinski definition) is 3. The molecular weight excluding hydrogens is 240 g/mol. The van der Waals surface area contributed by atoms with Crippen molar-refractivity contribution in [1.82, 2.24) is 0 Å². The van der Waals surface area contributed by atoms with Gasteiger partial charge in [-0.25, -0.2) is 0 Å². The molecule has 0 unspecified atom stereocenters. The largest absolute Gasteiger partial charge is 0.368 e. The van der Waals surface area contributed by atoms with E-state index in [2.05, 4.69) is 5.32 Å². The number of nitrogens with zero attached hydrogens (tertiary/aromatic N) is 1. The first-order valence-corrected chi connectivity index (χ1v) is 5.70. The fourth-order valence-corrected chi connectivity index (χ4v) is 1.91. The molecule has 1 fully saturated rings. The predicted octanol–water partition coefficient (Wildman–Crippen LogP) is 2.33. The third kappa shape index (κ3) is 2.76. The average molecular weight is 251 g/mol. The zero-order valence-electron chi connectivity index (χ0n) is 9.07.